The average molecular weight is 355 g/mol. The Hall–Kier alpha value is -1.92. The predicted octanol–water partition coefficient (Wildman–Crippen LogP) is 5.85. The molecule has 0 N–H and O–H groups in total. The Bertz CT molecular complexity index is 859. The van der Waals surface area contributed by atoms with Crippen molar-refractivity contribution in [1.29, 1.82) is 0 Å². The van der Waals surface area contributed by atoms with E-state index in [1.807, 2.05) is 13.0 Å². The highest BCUT2D eigenvalue weighted by atomic mass is 35.5. The summed E-state index contributed by atoms with van der Waals surface area (Å²) in [5.74, 6) is 0. The minimum absolute atomic E-state index is 0.0112. The van der Waals surface area contributed by atoms with Crippen molar-refractivity contribution in [3.63, 3.8) is 0 Å². The molecule has 0 aliphatic carbocycles. The molecule has 0 unspecified atom stereocenters. The van der Waals surface area contributed by atoms with Crippen LogP contribution < -0.4 is 0 Å². The smallest absolute Gasteiger partial charge is 0.264 e. The van der Waals surface area contributed by atoms with Crippen LogP contribution in [0.4, 0.5) is 13.2 Å². The van der Waals surface area contributed by atoms with Gasteiger partial charge in [0.05, 0.1) is 11.3 Å². The van der Waals surface area contributed by atoms with E-state index < -0.39 is 11.7 Å². The number of rotatable bonds is 2. The summed E-state index contributed by atoms with van der Waals surface area (Å²) in [4.78, 5) is 8.15. The Kier molecular flexibility index (Phi) is 4.12. The Labute approximate surface area is 139 Å². The van der Waals surface area contributed by atoms with Crippen LogP contribution in [0.3, 0.4) is 0 Å². The van der Waals surface area contributed by atoms with Gasteiger partial charge in [0.25, 0.3) is 0 Å². The topological polar surface area (TPSA) is 25.8 Å². The molecule has 2 nitrogen and oxygen atoms in total. The molecule has 0 bridgehead atoms. The molecule has 118 valence electrons. The molecular weight excluding hydrogens is 345 g/mol. The molecule has 7 heteroatoms. The van der Waals surface area contributed by atoms with Gasteiger partial charge in [0, 0.05) is 33.9 Å². The minimum Gasteiger partial charge on any atom is -0.264 e. The lowest BCUT2D eigenvalue weighted by atomic mass is 10.1. The standard InChI is InChI=1S/C16H10ClF3N2S/c1-9-6-10(17)2-3-11(9)14-8-23-15(22-14)12-7-21-5-4-13(12)16(18,19)20/h2-8H,1H3. The van der Waals surface area contributed by atoms with Crippen molar-refractivity contribution in [2.24, 2.45) is 0 Å². The number of aromatic nitrogens is 2. The van der Waals surface area contributed by atoms with Crippen LogP contribution in [0.5, 0.6) is 0 Å². The molecule has 0 atom stereocenters. The van der Waals surface area contributed by atoms with Crippen LogP contribution in [0.2, 0.25) is 5.02 Å². The normalized spacial score (nSPS) is 11.7. The van der Waals surface area contributed by atoms with E-state index in [-0.39, 0.29) is 10.6 Å². The van der Waals surface area contributed by atoms with Crippen molar-refractivity contribution in [3.05, 3.63) is 58.2 Å². The lowest BCUT2D eigenvalue weighted by molar-refractivity contribution is -0.137. The monoisotopic (exact) mass is 354 g/mol. The lowest BCUT2D eigenvalue weighted by Gasteiger charge is -2.10. The third-order valence-corrected chi connectivity index (χ3v) is 4.44. The number of nitrogens with zero attached hydrogens (tertiary/aromatic N) is 2. The SMILES string of the molecule is Cc1cc(Cl)ccc1-c1csc(-c2cnccc2C(F)(F)F)n1. The molecule has 3 rings (SSSR count). The van der Waals surface area contributed by atoms with Gasteiger partial charge in [-0.25, -0.2) is 4.98 Å². The number of thiazole rings is 1. The first-order chi connectivity index (χ1) is 10.9. The molecule has 23 heavy (non-hydrogen) atoms. The fourth-order valence-electron chi connectivity index (χ4n) is 2.25. The molecule has 2 aromatic heterocycles. The predicted molar refractivity (Wildman–Crippen MR) is 85.5 cm³/mol. The second-order valence-corrected chi connectivity index (χ2v) is 6.21. The maximum Gasteiger partial charge on any atom is 0.417 e. The molecule has 1 aromatic carbocycles. The zero-order chi connectivity index (χ0) is 16.6. The molecule has 0 amide bonds. The summed E-state index contributed by atoms with van der Waals surface area (Å²) in [5, 5.41) is 2.63. The molecule has 0 spiro atoms. The Morgan fingerprint density at radius 1 is 1.13 bits per heavy atom. The highest BCUT2D eigenvalue weighted by Crippen LogP contribution is 2.39. The highest BCUT2D eigenvalue weighted by Gasteiger charge is 2.34. The Morgan fingerprint density at radius 3 is 2.61 bits per heavy atom. The minimum atomic E-state index is -4.44. The fourth-order valence-corrected chi connectivity index (χ4v) is 3.32. The van der Waals surface area contributed by atoms with Gasteiger partial charge in [-0.2, -0.15) is 13.2 Å². The second kappa shape index (κ2) is 5.94. The molecule has 2 heterocycles. The number of halogens is 4. The number of alkyl halides is 3. The fraction of sp³-hybridized carbons (Fsp3) is 0.125. The van der Waals surface area contributed by atoms with E-state index in [1.54, 1.807) is 17.5 Å². The van der Waals surface area contributed by atoms with Gasteiger partial charge < -0.3 is 0 Å². The average Bonchev–Trinajstić information content (AvgIpc) is 2.96. The number of pyridine rings is 1. The molecule has 0 aliphatic rings. The number of aryl methyl sites for hydroxylation is 1. The maximum absolute atomic E-state index is 13.1. The van der Waals surface area contributed by atoms with Crippen molar-refractivity contribution in [2.45, 2.75) is 13.1 Å². The van der Waals surface area contributed by atoms with Crippen LogP contribution in [0.15, 0.2) is 42.0 Å². The van der Waals surface area contributed by atoms with E-state index in [0.717, 1.165) is 34.7 Å². The second-order valence-electron chi connectivity index (χ2n) is 4.92. The van der Waals surface area contributed by atoms with Crippen LogP contribution in [0, 0.1) is 6.92 Å². The van der Waals surface area contributed by atoms with E-state index in [2.05, 4.69) is 9.97 Å². The van der Waals surface area contributed by atoms with Gasteiger partial charge in [-0.3, -0.25) is 4.98 Å². The van der Waals surface area contributed by atoms with Gasteiger partial charge in [0.1, 0.15) is 5.01 Å². The molecule has 0 saturated heterocycles. The molecule has 0 aliphatic heterocycles. The summed E-state index contributed by atoms with van der Waals surface area (Å²) in [7, 11) is 0. The van der Waals surface area contributed by atoms with Gasteiger partial charge in [0.15, 0.2) is 0 Å². The summed E-state index contributed by atoms with van der Waals surface area (Å²) in [6.45, 7) is 1.88. The van der Waals surface area contributed by atoms with E-state index in [0.29, 0.717) is 10.7 Å². The quantitative estimate of drug-likeness (QED) is 0.576. The van der Waals surface area contributed by atoms with Crippen LogP contribution in [0.1, 0.15) is 11.1 Å². The van der Waals surface area contributed by atoms with Gasteiger partial charge in [0.2, 0.25) is 0 Å². The molecular formula is C16H10ClF3N2S. The summed E-state index contributed by atoms with van der Waals surface area (Å²) in [5.41, 5.74) is 1.63. The van der Waals surface area contributed by atoms with Gasteiger partial charge in [-0.1, -0.05) is 17.7 Å². The first kappa shape index (κ1) is 16.0. The van der Waals surface area contributed by atoms with Crippen LogP contribution >= 0.6 is 22.9 Å². The van der Waals surface area contributed by atoms with Crippen molar-refractivity contribution in [3.8, 4) is 21.8 Å². The van der Waals surface area contributed by atoms with Crippen LogP contribution in [-0.2, 0) is 6.18 Å². The first-order valence-electron chi connectivity index (χ1n) is 6.60. The van der Waals surface area contributed by atoms with Gasteiger partial charge in [-0.15, -0.1) is 11.3 Å². The maximum atomic E-state index is 13.1. The van der Waals surface area contributed by atoms with Crippen molar-refractivity contribution in [1.82, 2.24) is 9.97 Å². The number of hydrogen-bond donors (Lipinski definition) is 0. The van der Waals surface area contributed by atoms with Gasteiger partial charge >= 0.3 is 6.18 Å². The van der Waals surface area contributed by atoms with E-state index in [4.69, 9.17) is 11.6 Å². The van der Waals surface area contributed by atoms with Crippen LogP contribution in [-0.4, -0.2) is 9.97 Å². The van der Waals surface area contributed by atoms with Crippen molar-refractivity contribution < 1.29 is 13.2 Å². The first-order valence-corrected chi connectivity index (χ1v) is 7.85. The molecule has 0 fully saturated rings. The summed E-state index contributed by atoms with van der Waals surface area (Å²) < 4.78 is 39.3. The third-order valence-electron chi connectivity index (χ3n) is 3.33. The molecule has 3 aromatic rings. The van der Waals surface area contributed by atoms with Crippen LogP contribution in [0.25, 0.3) is 21.8 Å². The van der Waals surface area contributed by atoms with Crippen molar-refractivity contribution in [2.75, 3.05) is 0 Å². The largest absolute Gasteiger partial charge is 0.417 e. The van der Waals surface area contributed by atoms with E-state index >= 15 is 0 Å². The van der Waals surface area contributed by atoms with E-state index in [1.165, 1.54) is 6.20 Å². The third kappa shape index (κ3) is 3.23. The molecule has 0 radical (unpaired) electrons. The zero-order valence-corrected chi connectivity index (χ0v) is 13.4. The number of benzene rings is 1. The summed E-state index contributed by atoms with van der Waals surface area (Å²) in [6, 6.07) is 6.30. The van der Waals surface area contributed by atoms with Gasteiger partial charge in [-0.05, 0) is 30.7 Å². The molecule has 0 saturated carbocycles. The highest BCUT2D eigenvalue weighted by molar-refractivity contribution is 7.13. The van der Waals surface area contributed by atoms with E-state index in [9.17, 15) is 13.2 Å². The van der Waals surface area contributed by atoms with Crippen molar-refractivity contribution >= 4 is 22.9 Å². The Morgan fingerprint density at radius 2 is 1.91 bits per heavy atom. The lowest BCUT2D eigenvalue weighted by Crippen LogP contribution is -2.07. The summed E-state index contributed by atoms with van der Waals surface area (Å²) in [6.07, 6.45) is -2.12. The summed E-state index contributed by atoms with van der Waals surface area (Å²) >= 11 is 7.08. The number of hydrogen-bond acceptors (Lipinski definition) is 3. The Balaban J connectivity index is 2.07. The zero-order valence-electron chi connectivity index (χ0n) is 11.9.